The summed E-state index contributed by atoms with van der Waals surface area (Å²) in [5.74, 6) is 0. The molecule has 0 aliphatic rings. The van der Waals surface area contributed by atoms with Crippen LogP contribution in [0.5, 0.6) is 0 Å². The Balaban J connectivity index is 2.11. The predicted molar refractivity (Wildman–Crippen MR) is 89.0 cm³/mol. The Morgan fingerprint density at radius 1 is 0.905 bits per heavy atom. The Kier molecular flexibility index (Phi) is 4.32. The van der Waals surface area contributed by atoms with Gasteiger partial charge in [0.15, 0.2) is 0 Å². The maximum Gasteiger partial charge on any atom is 0.323 e. The number of carbonyl (C=O) groups is 1. The highest BCUT2D eigenvalue weighted by Gasteiger charge is 2.18. The van der Waals surface area contributed by atoms with E-state index in [4.69, 9.17) is 0 Å². The second-order valence-electron chi connectivity index (χ2n) is 6.24. The van der Waals surface area contributed by atoms with E-state index in [1.807, 2.05) is 55.5 Å². The smallest absolute Gasteiger partial charge is 0.308 e. The molecular formula is C18H22N2O. The largest absolute Gasteiger partial charge is 0.323 e. The summed E-state index contributed by atoms with van der Waals surface area (Å²) in [6.45, 7) is 8.41. The molecule has 0 unspecified atom stereocenters. The summed E-state index contributed by atoms with van der Waals surface area (Å²) in [6, 6.07) is 15.4. The van der Waals surface area contributed by atoms with Crippen molar-refractivity contribution in [2.24, 2.45) is 0 Å². The molecule has 0 saturated carbocycles. The lowest BCUT2D eigenvalue weighted by Gasteiger charge is -2.23. The van der Waals surface area contributed by atoms with E-state index in [-0.39, 0.29) is 11.4 Å². The van der Waals surface area contributed by atoms with Crippen molar-refractivity contribution in [3.05, 3.63) is 59.7 Å². The van der Waals surface area contributed by atoms with E-state index in [9.17, 15) is 4.79 Å². The van der Waals surface area contributed by atoms with E-state index in [1.54, 1.807) is 0 Å². The molecule has 0 atom stereocenters. The normalized spacial score (nSPS) is 11.0. The van der Waals surface area contributed by atoms with Crippen molar-refractivity contribution in [2.75, 3.05) is 10.6 Å². The Hall–Kier alpha value is -2.29. The molecule has 0 aliphatic heterocycles. The molecule has 3 nitrogen and oxygen atoms in total. The van der Waals surface area contributed by atoms with Gasteiger partial charge in [-0.3, -0.25) is 0 Å². The lowest BCUT2D eigenvalue weighted by molar-refractivity contribution is 0.262. The SMILES string of the molecule is Cc1ccc(NC(=O)Nc2ccccc2C(C)(C)C)cc1. The molecule has 0 fully saturated rings. The predicted octanol–water partition coefficient (Wildman–Crippen LogP) is 4.94. The fourth-order valence-electron chi connectivity index (χ4n) is 2.17. The zero-order valence-corrected chi connectivity index (χ0v) is 13.0. The molecule has 110 valence electrons. The molecule has 2 amide bonds. The van der Waals surface area contributed by atoms with Crippen LogP contribution in [0, 0.1) is 6.92 Å². The van der Waals surface area contributed by atoms with Crippen LogP contribution in [-0.4, -0.2) is 6.03 Å². The van der Waals surface area contributed by atoms with Gasteiger partial charge in [-0.15, -0.1) is 0 Å². The number of amides is 2. The van der Waals surface area contributed by atoms with Gasteiger partial charge < -0.3 is 10.6 Å². The number of carbonyl (C=O) groups excluding carboxylic acids is 1. The first-order valence-electron chi connectivity index (χ1n) is 7.10. The first-order valence-corrected chi connectivity index (χ1v) is 7.10. The highest BCUT2D eigenvalue weighted by molar-refractivity contribution is 6.00. The molecule has 2 rings (SSSR count). The van der Waals surface area contributed by atoms with Crippen LogP contribution in [-0.2, 0) is 5.41 Å². The van der Waals surface area contributed by atoms with Crippen LogP contribution in [0.1, 0.15) is 31.9 Å². The van der Waals surface area contributed by atoms with E-state index < -0.39 is 0 Å². The zero-order valence-electron chi connectivity index (χ0n) is 13.0. The molecule has 2 aromatic rings. The number of rotatable bonds is 2. The summed E-state index contributed by atoms with van der Waals surface area (Å²) in [5.41, 5.74) is 3.89. The molecular weight excluding hydrogens is 260 g/mol. The topological polar surface area (TPSA) is 41.1 Å². The van der Waals surface area contributed by atoms with Crippen LogP contribution in [0.15, 0.2) is 48.5 Å². The third kappa shape index (κ3) is 4.09. The molecule has 0 radical (unpaired) electrons. The summed E-state index contributed by atoms with van der Waals surface area (Å²) >= 11 is 0. The second-order valence-corrected chi connectivity index (χ2v) is 6.24. The third-order valence-electron chi connectivity index (χ3n) is 3.29. The number of hydrogen-bond acceptors (Lipinski definition) is 1. The van der Waals surface area contributed by atoms with Gasteiger partial charge in [0.05, 0.1) is 0 Å². The van der Waals surface area contributed by atoms with Crippen molar-refractivity contribution in [1.29, 1.82) is 0 Å². The van der Waals surface area contributed by atoms with Gasteiger partial charge in [-0.1, -0.05) is 56.7 Å². The van der Waals surface area contributed by atoms with Gasteiger partial charge in [-0.05, 0) is 36.1 Å². The Morgan fingerprint density at radius 3 is 2.14 bits per heavy atom. The Morgan fingerprint density at radius 2 is 1.52 bits per heavy atom. The van der Waals surface area contributed by atoms with E-state index in [1.165, 1.54) is 5.56 Å². The van der Waals surface area contributed by atoms with Crippen LogP contribution < -0.4 is 10.6 Å². The highest BCUT2D eigenvalue weighted by Crippen LogP contribution is 2.29. The number of hydrogen-bond donors (Lipinski definition) is 2. The fourth-order valence-corrected chi connectivity index (χ4v) is 2.17. The zero-order chi connectivity index (χ0) is 15.5. The van der Waals surface area contributed by atoms with Crippen LogP contribution in [0.25, 0.3) is 0 Å². The van der Waals surface area contributed by atoms with Crippen molar-refractivity contribution >= 4 is 17.4 Å². The summed E-state index contributed by atoms with van der Waals surface area (Å²) in [5, 5.41) is 5.78. The average Bonchev–Trinajstić information content (AvgIpc) is 2.41. The van der Waals surface area contributed by atoms with Crippen molar-refractivity contribution < 1.29 is 4.79 Å². The number of aryl methyl sites for hydroxylation is 1. The van der Waals surface area contributed by atoms with Crippen LogP contribution in [0.3, 0.4) is 0 Å². The first kappa shape index (κ1) is 15.1. The number of nitrogens with one attached hydrogen (secondary N) is 2. The van der Waals surface area contributed by atoms with Gasteiger partial charge >= 0.3 is 6.03 Å². The average molecular weight is 282 g/mol. The summed E-state index contributed by atoms with van der Waals surface area (Å²) in [4.78, 5) is 12.1. The number of benzene rings is 2. The monoisotopic (exact) mass is 282 g/mol. The van der Waals surface area contributed by atoms with E-state index in [0.717, 1.165) is 16.9 Å². The molecule has 0 bridgehead atoms. The van der Waals surface area contributed by atoms with E-state index >= 15 is 0 Å². The minimum atomic E-state index is -0.226. The van der Waals surface area contributed by atoms with Crippen molar-refractivity contribution in [1.82, 2.24) is 0 Å². The lowest BCUT2D eigenvalue weighted by Crippen LogP contribution is -2.22. The molecule has 2 aromatic carbocycles. The number of urea groups is 1. The summed E-state index contributed by atoms with van der Waals surface area (Å²) < 4.78 is 0. The highest BCUT2D eigenvalue weighted by atomic mass is 16.2. The number of anilines is 2. The van der Waals surface area contributed by atoms with Crippen LogP contribution in [0.4, 0.5) is 16.2 Å². The molecule has 21 heavy (non-hydrogen) atoms. The molecule has 3 heteroatoms. The van der Waals surface area contributed by atoms with Gasteiger partial charge in [0.1, 0.15) is 0 Å². The van der Waals surface area contributed by atoms with E-state index in [2.05, 4.69) is 31.4 Å². The number of para-hydroxylation sites is 1. The molecule has 0 aliphatic carbocycles. The summed E-state index contributed by atoms with van der Waals surface area (Å²) in [6.07, 6.45) is 0. The van der Waals surface area contributed by atoms with Gasteiger partial charge in [-0.2, -0.15) is 0 Å². The van der Waals surface area contributed by atoms with Gasteiger partial charge in [0.25, 0.3) is 0 Å². The minimum Gasteiger partial charge on any atom is -0.308 e. The second kappa shape index (κ2) is 6.00. The fraction of sp³-hybridized carbons (Fsp3) is 0.278. The summed E-state index contributed by atoms with van der Waals surface area (Å²) in [7, 11) is 0. The molecule has 0 saturated heterocycles. The first-order chi connectivity index (χ1) is 9.86. The standard InChI is InChI=1S/C18H22N2O/c1-13-9-11-14(12-10-13)19-17(21)20-16-8-6-5-7-15(16)18(2,3)4/h5-12H,1-4H3,(H2,19,20,21). The van der Waals surface area contributed by atoms with Crippen molar-refractivity contribution in [2.45, 2.75) is 33.1 Å². The van der Waals surface area contributed by atoms with Crippen LogP contribution in [0.2, 0.25) is 0 Å². The third-order valence-corrected chi connectivity index (χ3v) is 3.29. The molecule has 0 spiro atoms. The maximum atomic E-state index is 12.1. The van der Waals surface area contributed by atoms with Crippen molar-refractivity contribution in [3.8, 4) is 0 Å². The van der Waals surface area contributed by atoms with Gasteiger partial charge in [-0.25, -0.2) is 4.79 Å². The minimum absolute atomic E-state index is 0.0201. The Bertz CT molecular complexity index is 624. The molecule has 0 aromatic heterocycles. The van der Waals surface area contributed by atoms with Gasteiger partial charge in [0.2, 0.25) is 0 Å². The molecule has 2 N–H and O–H groups in total. The van der Waals surface area contributed by atoms with Crippen molar-refractivity contribution in [3.63, 3.8) is 0 Å². The quantitative estimate of drug-likeness (QED) is 0.805. The van der Waals surface area contributed by atoms with Gasteiger partial charge in [0, 0.05) is 11.4 Å². The maximum absolute atomic E-state index is 12.1. The lowest BCUT2D eigenvalue weighted by atomic mass is 9.86. The Labute approximate surface area is 126 Å². The van der Waals surface area contributed by atoms with E-state index in [0.29, 0.717) is 0 Å². The van der Waals surface area contributed by atoms with Crippen LogP contribution >= 0.6 is 0 Å². The molecule has 0 heterocycles.